The largest absolute Gasteiger partial charge is 0.466 e. The summed E-state index contributed by atoms with van der Waals surface area (Å²) in [5.74, 6) is -0.392. The van der Waals surface area contributed by atoms with Gasteiger partial charge in [0.2, 0.25) is 0 Å². The van der Waals surface area contributed by atoms with Gasteiger partial charge in [-0.2, -0.15) is 0 Å². The molecule has 0 spiro atoms. The molecule has 0 aromatic rings. The molecule has 0 rings (SSSR count). The van der Waals surface area contributed by atoms with Gasteiger partial charge in [-0.05, 0) is 48.5 Å². The predicted octanol–water partition coefficient (Wildman–Crippen LogP) is 2.70. The van der Waals surface area contributed by atoms with Gasteiger partial charge >= 0.3 is 18.2 Å². The van der Waals surface area contributed by atoms with Gasteiger partial charge < -0.3 is 24.4 Å². The molecule has 0 aliphatic heterocycles. The van der Waals surface area contributed by atoms with E-state index in [0.29, 0.717) is 0 Å². The second-order valence-electron chi connectivity index (χ2n) is 7.45. The lowest BCUT2D eigenvalue weighted by Crippen LogP contribution is -2.43. The van der Waals surface area contributed by atoms with Gasteiger partial charge in [0, 0.05) is 19.6 Å². The highest BCUT2D eigenvalue weighted by molar-refractivity contribution is 5.72. The molecular formula is C17H32N2O6. The van der Waals surface area contributed by atoms with Crippen LogP contribution in [0.25, 0.3) is 0 Å². The van der Waals surface area contributed by atoms with Crippen LogP contribution in [-0.2, 0) is 19.0 Å². The molecule has 0 saturated carbocycles. The Balaban J connectivity index is 4.59. The second-order valence-corrected chi connectivity index (χ2v) is 7.45. The first-order chi connectivity index (χ1) is 11.3. The third kappa shape index (κ3) is 13.0. The zero-order valence-electron chi connectivity index (χ0n) is 16.4. The van der Waals surface area contributed by atoms with Crippen molar-refractivity contribution >= 4 is 18.2 Å². The van der Waals surface area contributed by atoms with E-state index in [1.165, 1.54) is 4.90 Å². The molecule has 146 valence electrons. The molecule has 0 aromatic carbocycles. The minimum absolute atomic E-state index is 0.0551. The van der Waals surface area contributed by atoms with Gasteiger partial charge in [-0.3, -0.25) is 4.79 Å². The number of alkyl carbamates (subject to hydrolysis) is 1. The number of hydrogen-bond donors (Lipinski definition) is 1. The summed E-state index contributed by atoms with van der Waals surface area (Å²) in [6, 6.07) is 0. The number of amides is 2. The Kier molecular flexibility index (Phi) is 9.30. The number of rotatable bonds is 7. The van der Waals surface area contributed by atoms with E-state index in [1.807, 2.05) is 0 Å². The number of carbonyl (C=O) groups is 3. The topological polar surface area (TPSA) is 94.2 Å². The molecule has 0 heterocycles. The number of carbonyl (C=O) groups excluding carboxylic acids is 3. The third-order valence-electron chi connectivity index (χ3n) is 2.59. The molecule has 0 aliphatic rings. The smallest absolute Gasteiger partial charge is 0.410 e. The lowest BCUT2D eigenvalue weighted by molar-refractivity contribution is -0.143. The van der Waals surface area contributed by atoms with Gasteiger partial charge in [0.15, 0.2) is 0 Å². The van der Waals surface area contributed by atoms with Gasteiger partial charge in [-0.25, -0.2) is 9.59 Å². The molecule has 0 aliphatic carbocycles. The standard InChI is InChI=1S/C17H32N2O6/c1-8-23-13(20)9-11-19(15(22)25-17(5,6)7)12-10-18-14(21)24-16(2,3)4/h8-12H2,1-7H3,(H,18,21). The fourth-order valence-corrected chi connectivity index (χ4v) is 1.69. The van der Waals surface area contributed by atoms with Gasteiger partial charge in [0.25, 0.3) is 0 Å². The molecule has 8 nitrogen and oxygen atoms in total. The van der Waals surface area contributed by atoms with Crippen molar-refractivity contribution in [2.24, 2.45) is 0 Å². The Hall–Kier alpha value is -1.99. The van der Waals surface area contributed by atoms with Crippen molar-refractivity contribution in [2.45, 2.75) is 66.1 Å². The van der Waals surface area contributed by atoms with Crippen molar-refractivity contribution in [1.29, 1.82) is 0 Å². The molecule has 0 radical (unpaired) electrons. The van der Waals surface area contributed by atoms with E-state index < -0.39 is 29.4 Å². The lowest BCUT2D eigenvalue weighted by Gasteiger charge is -2.27. The van der Waals surface area contributed by atoms with E-state index in [4.69, 9.17) is 14.2 Å². The lowest BCUT2D eigenvalue weighted by atomic mass is 10.2. The Labute approximate surface area is 150 Å². The van der Waals surface area contributed by atoms with E-state index in [2.05, 4.69) is 5.32 Å². The Bertz CT molecular complexity index is 451. The van der Waals surface area contributed by atoms with Crippen molar-refractivity contribution < 1.29 is 28.6 Å². The zero-order valence-corrected chi connectivity index (χ0v) is 16.4. The maximum Gasteiger partial charge on any atom is 0.410 e. The van der Waals surface area contributed by atoms with E-state index in [-0.39, 0.29) is 32.7 Å². The number of nitrogens with zero attached hydrogens (tertiary/aromatic N) is 1. The highest BCUT2D eigenvalue weighted by Crippen LogP contribution is 2.10. The third-order valence-corrected chi connectivity index (χ3v) is 2.59. The van der Waals surface area contributed by atoms with Crippen molar-refractivity contribution in [1.82, 2.24) is 10.2 Å². The Morgan fingerprint density at radius 2 is 1.48 bits per heavy atom. The number of hydrogen-bond acceptors (Lipinski definition) is 6. The van der Waals surface area contributed by atoms with Crippen molar-refractivity contribution in [2.75, 3.05) is 26.2 Å². The van der Waals surface area contributed by atoms with Crippen LogP contribution < -0.4 is 5.32 Å². The van der Waals surface area contributed by atoms with Crippen molar-refractivity contribution in [3.05, 3.63) is 0 Å². The highest BCUT2D eigenvalue weighted by atomic mass is 16.6. The van der Waals surface area contributed by atoms with Crippen LogP contribution in [0.1, 0.15) is 54.9 Å². The molecule has 8 heteroatoms. The molecule has 0 aromatic heterocycles. The first-order valence-corrected chi connectivity index (χ1v) is 8.44. The van der Waals surface area contributed by atoms with E-state index in [1.54, 1.807) is 48.5 Å². The van der Waals surface area contributed by atoms with Crippen LogP contribution in [0.2, 0.25) is 0 Å². The van der Waals surface area contributed by atoms with Crippen LogP contribution in [0.5, 0.6) is 0 Å². The van der Waals surface area contributed by atoms with E-state index in [9.17, 15) is 14.4 Å². The molecule has 0 atom stereocenters. The molecule has 25 heavy (non-hydrogen) atoms. The fraction of sp³-hybridized carbons (Fsp3) is 0.824. The second kappa shape index (κ2) is 10.1. The average molecular weight is 360 g/mol. The van der Waals surface area contributed by atoms with Crippen LogP contribution in [0.15, 0.2) is 0 Å². The van der Waals surface area contributed by atoms with Gasteiger partial charge in [0.05, 0.1) is 13.0 Å². The molecule has 0 unspecified atom stereocenters. The fourth-order valence-electron chi connectivity index (χ4n) is 1.69. The van der Waals surface area contributed by atoms with E-state index >= 15 is 0 Å². The minimum atomic E-state index is -0.655. The van der Waals surface area contributed by atoms with Crippen LogP contribution >= 0.6 is 0 Å². The van der Waals surface area contributed by atoms with E-state index in [0.717, 1.165) is 0 Å². The molecule has 0 bridgehead atoms. The average Bonchev–Trinajstić information content (AvgIpc) is 2.38. The minimum Gasteiger partial charge on any atom is -0.466 e. The Morgan fingerprint density at radius 1 is 0.920 bits per heavy atom. The summed E-state index contributed by atoms with van der Waals surface area (Å²) in [6.45, 7) is 13.1. The molecule has 0 saturated heterocycles. The SMILES string of the molecule is CCOC(=O)CCN(CCNC(=O)OC(C)(C)C)C(=O)OC(C)(C)C. The van der Waals surface area contributed by atoms with Gasteiger partial charge in [0.1, 0.15) is 11.2 Å². The van der Waals surface area contributed by atoms with Gasteiger partial charge in [-0.15, -0.1) is 0 Å². The van der Waals surface area contributed by atoms with Crippen LogP contribution in [0, 0.1) is 0 Å². The Morgan fingerprint density at radius 3 is 1.96 bits per heavy atom. The highest BCUT2D eigenvalue weighted by Gasteiger charge is 2.23. The molecule has 2 amide bonds. The van der Waals surface area contributed by atoms with Crippen molar-refractivity contribution in [3.63, 3.8) is 0 Å². The number of esters is 1. The van der Waals surface area contributed by atoms with Crippen LogP contribution in [0.4, 0.5) is 9.59 Å². The van der Waals surface area contributed by atoms with Crippen LogP contribution in [-0.4, -0.2) is 60.5 Å². The summed E-state index contributed by atoms with van der Waals surface area (Å²) in [5, 5.41) is 2.57. The summed E-state index contributed by atoms with van der Waals surface area (Å²) in [5.41, 5.74) is -1.25. The summed E-state index contributed by atoms with van der Waals surface area (Å²) >= 11 is 0. The first-order valence-electron chi connectivity index (χ1n) is 8.44. The number of ether oxygens (including phenoxy) is 3. The summed E-state index contributed by atoms with van der Waals surface area (Å²) < 4.78 is 15.3. The normalized spacial score (nSPS) is 11.5. The molecule has 0 fully saturated rings. The van der Waals surface area contributed by atoms with Gasteiger partial charge in [-0.1, -0.05) is 0 Å². The summed E-state index contributed by atoms with van der Waals surface area (Å²) in [6.07, 6.45) is -1.07. The zero-order chi connectivity index (χ0) is 19.7. The maximum atomic E-state index is 12.2. The predicted molar refractivity (Wildman–Crippen MR) is 93.3 cm³/mol. The quantitative estimate of drug-likeness (QED) is 0.554. The monoisotopic (exact) mass is 360 g/mol. The molecular weight excluding hydrogens is 328 g/mol. The molecule has 1 N–H and O–H groups in total. The first kappa shape index (κ1) is 23.0. The van der Waals surface area contributed by atoms with Crippen LogP contribution in [0.3, 0.4) is 0 Å². The summed E-state index contributed by atoms with van der Waals surface area (Å²) in [4.78, 5) is 36.8. The number of nitrogens with one attached hydrogen (secondary N) is 1. The maximum absolute atomic E-state index is 12.2. The van der Waals surface area contributed by atoms with Crippen molar-refractivity contribution in [3.8, 4) is 0 Å². The summed E-state index contributed by atoms with van der Waals surface area (Å²) in [7, 11) is 0.